The Balaban J connectivity index is 2.66. The fraction of sp³-hybridized carbons (Fsp3) is 0.462. The Bertz CT molecular complexity index is 427. The predicted molar refractivity (Wildman–Crippen MR) is 73.0 cm³/mol. The fourth-order valence-corrected chi connectivity index (χ4v) is 1.64. The van der Waals surface area contributed by atoms with Crippen molar-refractivity contribution in [1.29, 1.82) is 0 Å². The fourth-order valence-electron chi connectivity index (χ4n) is 1.45. The Kier molecular flexibility index (Phi) is 4.99. The van der Waals surface area contributed by atoms with Crippen LogP contribution in [0.4, 0.5) is 0 Å². The molecular formula is C13H19ClN2O2. The third-order valence-electron chi connectivity index (χ3n) is 2.33. The third-order valence-corrected chi connectivity index (χ3v) is 2.57. The van der Waals surface area contributed by atoms with E-state index in [1.165, 1.54) is 0 Å². The lowest BCUT2D eigenvalue weighted by atomic mass is 10.1. The summed E-state index contributed by atoms with van der Waals surface area (Å²) in [6, 6.07) is 5.20. The topological polar surface area (TPSA) is 64.3 Å². The van der Waals surface area contributed by atoms with Crippen molar-refractivity contribution in [2.75, 3.05) is 13.7 Å². The van der Waals surface area contributed by atoms with Gasteiger partial charge in [0.1, 0.15) is 5.75 Å². The normalized spacial score (nSPS) is 11.2. The van der Waals surface area contributed by atoms with Crippen LogP contribution >= 0.6 is 11.6 Å². The lowest BCUT2D eigenvalue weighted by Crippen LogP contribution is -2.45. The highest BCUT2D eigenvalue weighted by Crippen LogP contribution is 2.22. The summed E-state index contributed by atoms with van der Waals surface area (Å²) in [6.45, 7) is 4.13. The average molecular weight is 271 g/mol. The molecule has 18 heavy (non-hydrogen) atoms. The number of hydrogen-bond donors (Lipinski definition) is 2. The largest absolute Gasteiger partial charge is 0.496 e. The summed E-state index contributed by atoms with van der Waals surface area (Å²) in [5, 5.41) is 3.36. The van der Waals surface area contributed by atoms with Gasteiger partial charge in [-0.3, -0.25) is 4.79 Å². The highest BCUT2D eigenvalue weighted by molar-refractivity contribution is 6.30. The standard InChI is InChI=1S/C13H19ClN2O2/c1-13(2,15)8-16-12(17)7-9-6-10(14)4-5-11(9)18-3/h4-6H,7-8,15H2,1-3H3,(H,16,17). The van der Waals surface area contributed by atoms with Crippen LogP contribution in [0.3, 0.4) is 0 Å². The van der Waals surface area contributed by atoms with Gasteiger partial charge in [0.25, 0.3) is 0 Å². The minimum Gasteiger partial charge on any atom is -0.496 e. The molecule has 1 aromatic rings. The van der Waals surface area contributed by atoms with Crippen LogP contribution in [0.15, 0.2) is 18.2 Å². The van der Waals surface area contributed by atoms with E-state index in [1.807, 2.05) is 13.8 Å². The number of nitrogens with one attached hydrogen (secondary N) is 1. The minimum atomic E-state index is -0.423. The molecule has 0 heterocycles. The zero-order valence-electron chi connectivity index (χ0n) is 10.9. The van der Waals surface area contributed by atoms with Crippen LogP contribution in [-0.2, 0) is 11.2 Å². The maximum absolute atomic E-state index is 11.8. The second-order valence-electron chi connectivity index (χ2n) is 4.90. The first-order chi connectivity index (χ1) is 8.31. The number of methoxy groups -OCH3 is 1. The van der Waals surface area contributed by atoms with Crippen LogP contribution < -0.4 is 15.8 Å². The van der Waals surface area contributed by atoms with Crippen LogP contribution in [0.1, 0.15) is 19.4 Å². The van der Waals surface area contributed by atoms with Gasteiger partial charge >= 0.3 is 0 Å². The van der Waals surface area contributed by atoms with Gasteiger partial charge in [-0.05, 0) is 32.0 Å². The highest BCUT2D eigenvalue weighted by atomic mass is 35.5. The monoisotopic (exact) mass is 270 g/mol. The van der Waals surface area contributed by atoms with Crippen molar-refractivity contribution >= 4 is 17.5 Å². The molecule has 0 fully saturated rings. The molecule has 5 heteroatoms. The zero-order chi connectivity index (χ0) is 13.8. The number of rotatable bonds is 5. The predicted octanol–water partition coefficient (Wildman–Crippen LogP) is 1.74. The summed E-state index contributed by atoms with van der Waals surface area (Å²) in [5.74, 6) is 0.552. The van der Waals surface area contributed by atoms with Crippen LogP contribution in [0.5, 0.6) is 5.75 Å². The summed E-state index contributed by atoms with van der Waals surface area (Å²) in [4.78, 5) is 11.8. The van der Waals surface area contributed by atoms with E-state index in [2.05, 4.69) is 5.32 Å². The molecule has 0 aliphatic carbocycles. The summed E-state index contributed by atoms with van der Waals surface area (Å²) < 4.78 is 5.18. The summed E-state index contributed by atoms with van der Waals surface area (Å²) in [7, 11) is 1.56. The summed E-state index contributed by atoms with van der Waals surface area (Å²) in [6.07, 6.45) is 0.222. The molecule has 3 N–H and O–H groups in total. The van der Waals surface area contributed by atoms with Crippen LogP contribution in [0, 0.1) is 0 Å². The van der Waals surface area contributed by atoms with Gasteiger partial charge < -0.3 is 15.8 Å². The molecule has 0 atom stereocenters. The van der Waals surface area contributed by atoms with Gasteiger partial charge in [0.2, 0.25) is 5.91 Å². The first-order valence-electron chi connectivity index (χ1n) is 5.70. The quantitative estimate of drug-likeness (QED) is 0.857. The van der Waals surface area contributed by atoms with E-state index in [9.17, 15) is 4.79 Å². The molecule has 0 saturated heterocycles. The van der Waals surface area contributed by atoms with Crippen molar-refractivity contribution < 1.29 is 9.53 Å². The van der Waals surface area contributed by atoms with E-state index in [-0.39, 0.29) is 12.3 Å². The van der Waals surface area contributed by atoms with Crippen LogP contribution in [0.25, 0.3) is 0 Å². The molecule has 4 nitrogen and oxygen atoms in total. The van der Waals surface area contributed by atoms with E-state index in [0.29, 0.717) is 17.3 Å². The lowest BCUT2D eigenvalue weighted by Gasteiger charge is -2.19. The molecular weight excluding hydrogens is 252 g/mol. The van der Waals surface area contributed by atoms with E-state index < -0.39 is 5.54 Å². The molecule has 0 saturated carbocycles. The molecule has 1 rings (SSSR count). The number of carbonyl (C=O) groups is 1. The van der Waals surface area contributed by atoms with Crippen LogP contribution in [0.2, 0.25) is 5.02 Å². The number of ether oxygens (including phenoxy) is 1. The molecule has 0 spiro atoms. The molecule has 1 amide bonds. The third kappa shape index (κ3) is 4.94. The van der Waals surface area contributed by atoms with Gasteiger partial charge in [-0.1, -0.05) is 11.6 Å². The summed E-state index contributed by atoms with van der Waals surface area (Å²) in [5.41, 5.74) is 6.14. The zero-order valence-corrected chi connectivity index (χ0v) is 11.7. The maximum atomic E-state index is 11.8. The van der Waals surface area contributed by atoms with Gasteiger partial charge in [0, 0.05) is 22.7 Å². The molecule has 100 valence electrons. The average Bonchev–Trinajstić information content (AvgIpc) is 2.26. The van der Waals surface area contributed by atoms with Crippen molar-refractivity contribution in [2.24, 2.45) is 5.73 Å². The SMILES string of the molecule is COc1ccc(Cl)cc1CC(=O)NCC(C)(C)N. The van der Waals surface area contributed by atoms with Crippen molar-refractivity contribution in [2.45, 2.75) is 25.8 Å². The Morgan fingerprint density at radius 3 is 2.72 bits per heavy atom. The lowest BCUT2D eigenvalue weighted by molar-refractivity contribution is -0.120. The summed E-state index contributed by atoms with van der Waals surface area (Å²) >= 11 is 5.90. The van der Waals surface area contributed by atoms with Crippen molar-refractivity contribution in [3.05, 3.63) is 28.8 Å². The molecule has 1 aromatic carbocycles. The Morgan fingerprint density at radius 1 is 1.50 bits per heavy atom. The molecule has 0 bridgehead atoms. The van der Waals surface area contributed by atoms with Gasteiger partial charge in [0.05, 0.1) is 13.5 Å². The number of hydrogen-bond acceptors (Lipinski definition) is 3. The second kappa shape index (κ2) is 6.07. The van der Waals surface area contributed by atoms with E-state index in [0.717, 1.165) is 5.56 Å². The van der Waals surface area contributed by atoms with Crippen molar-refractivity contribution in [3.8, 4) is 5.75 Å². The van der Waals surface area contributed by atoms with Gasteiger partial charge in [-0.25, -0.2) is 0 Å². The van der Waals surface area contributed by atoms with Crippen molar-refractivity contribution in [1.82, 2.24) is 5.32 Å². The number of halogens is 1. The maximum Gasteiger partial charge on any atom is 0.224 e. The first kappa shape index (κ1) is 14.8. The van der Waals surface area contributed by atoms with Gasteiger partial charge in [-0.2, -0.15) is 0 Å². The Labute approximate surface area is 112 Å². The molecule has 0 aliphatic heterocycles. The molecule has 0 radical (unpaired) electrons. The second-order valence-corrected chi connectivity index (χ2v) is 5.33. The molecule has 0 unspecified atom stereocenters. The van der Waals surface area contributed by atoms with Gasteiger partial charge in [0.15, 0.2) is 0 Å². The number of nitrogens with two attached hydrogens (primary N) is 1. The minimum absolute atomic E-state index is 0.103. The number of benzene rings is 1. The van der Waals surface area contributed by atoms with E-state index in [4.69, 9.17) is 22.1 Å². The Hall–Kier alpha value is -1.26. The highest BCUT2D eigenvalue weighted by Gasteiger charge is 2.14. The van der Waals surface area contributed by atoms with Gasteiger partial charge in [-0.15, -0.1) is 0 Å². The molecule has 0 aliphatic rings. The smallest absolute Gasteiger partial charge is 0.224 e. The Morgan fingerprint density at radius 2 is 2.17 bits per heavy atom. The van der Waals surface area contributed by atoms with Crippen LogP contribution in [-0.4, -0.2) is 25.1 Å². The van der Waals surface area contributed by atoms with Crippen molar-refractivity contribution in [3.63, 3.8) is 0 Å². The van der Waals surface area contributed by atoms with E-state index in [1.54, 1.807) is 25.3 Å². The first-order valence-corrected chi connectivity index (χ1v) is 6.07. The number of carbonyl (C=O) groups excluding carboxylic acids is 1. The number of amides is 1. The molecule has 0 aromatic heterocycles. The van der Waals surface area contributed by atoms with E-state index >= 15 is 0 Å².